The van der Waals surface area contributed by atoms with Gasteiger partial charge >= 0.3 is 12.0 Å². The first-order valence-electron chi connectivity index (χ1n) is 37.3. The van der Waals surface area contributed by atoms with Gasteiger partial charge in [0.15, 0.2) is 17.9 Å². The summed E-state index contributed by atoms with van der Waals surface area (Å²) in [6.45, 7) is 6.58. The zero-order valence-corrected chi connectivity index (χ0v) is 66.8. The number of rotatable bonds is 55. The molecule has 0 aliphatic carbocycles. The number of primary amides is 1. The van der Waals surface area contributed by atoms with Crippen LogP contribution in [0.3, 0.4) is 0 Å². The van der Waals surface area contributed by atoms with Crippen molar-refractivity contribution in [2.75, 3.05) is 50.8 Å². The topological polar surface area (TPSA) is 700 Å². The first-order chi connectivity index (χ1) is 54.5. The minimum atomic E-state index is -1.98. The lowest BCUT2D eigenvalue weighted by Crippen LogP contribution is -2.62. The third-order valence-electron chi connectivity index (χ3n) is 17.8. The van der Waals surface area contributed by atoms with Gasteiger partial charge in [0.25, 0.3) is 0 Å². The van der Waals surface area contributed by atoms with Gasteiger partial charge in [-0.3, -0.25) is 83.4 Å². The van der Waals surface area contributed by atoms with Crippen molar-refractivity contribution in [3.05, 3.63) is 71.8 Å². The Morgan fingerprint density at radius 1 is 0.409 bits per heavy atom. The molecule has 0 spiro atoms. The molecule has 14 atom stereocenters. The van der Waals surface area contributed by atoms with Crippen molar-refractivity contribution in [2.24, 2.45) is 40.5 Å². The van der Waals surface area contributed by atoms with Crippen molar-refractivity contribution in [3.63, 3.8) is 0 Å². The molecule has 0 bridgehead atoms. The molecule has 15 amide bonds. The Labute approximate surface area is 677 Å². The highest BCUT2D eigenvalue weighted by Crippen LogP contribution is 2.15. The molecule has 0 saturated carbocycles. The number of carbonyl (C=O) groups excluding carboxylic acids is 15. The molecule has 0 aliphatic rings. The molecule has 0 aliphatic heterocycles. The number of aliphatic carboxylic acids is 1. The standard InChI is InChI=1S/C71H115N25O17S2/c1-6-38(3)55(95-60(105)45(24-16-27-81-69(75)76)88-53(99)34-84-52(98)33-85-59(104)47(30-41-18-10-8-11-19-41)90-57(102)40(5)86-64(109)50(36-114)93-58(103)44(72)23-15-29-83-71(79)113)66(111)92-49(32-54(100)101)63(108)89-46(25-17-28-82-70(77)78)61(106)96-56(39(4)7-2)67(112)94-51(37-115)65(110)91-48(31-42-20-12-9-13-21-42)62(107)87-43(35-97)22-14-26-80-68(73)74/h8-13,18-21,35,38-40,43-51,55-56,114-115H,6-7,14-17,22-34,36-37,72H2,1-5H3,(H,84,98)(H,85,104)(H,86,109)(H,87,107)(H,88,99)(H,89,108)(H,90,102)(H,91,110)(H,92,111)(H,93,103)(H,94,112)(H,95,105)(H,96,106)(H,100,101)(H4,73,74,80)(H4,75,76,81)(H4,77,78,82)(H3,79,83,113)/t38-,39-,40+,43-,44-,45-,46-,47-,48-,49-,50-,51-,55-,56-/m0/s1. The van der Waals surface area contributed by atoms with Crippen LogP contribution in [0.15, 0.2) is 60.7 Å². The number of nitrogens with one attached hydrogen (secondary N) is 20. The van der Waals surface area contributed by atoms with Gasteiger partial charge in [-0.25, -0.2) is 4.79 Å². The smallest absolute Gasteiger partial charge is 0.312 e. The second-order valence-corrected chi connectivity index (χ2v) is 27.8. The van der Waals surface area contributed by atoms with E-state index in [9.17, 15) is 81.8 Å². The molecule has 2 rings (SSSR count). The summed E-state index contributed by atoms with van der Waals surface area (Å²) in [5.74, 6) is -16.8. The van der Waals surface area contributed by atoms with Gasteiger partial charge in [0, 0.05) is 50.5 Å². The number of urea groups is 1. The monoisotopic (exact) mass is 1650 g/mol. The Morgan fingerprint density at radius 2 is 0.783 bits per heavy atom. The predicted molar refractivity (Wildman–Crippen MR) is 430 cm³/mol. The van der Waals surface area contributed by atoms with Gasteiger partial charge in [-0.2, -0.15) is 25.3 Å². The number of carboxylic acids is 1. The fourth-order valence-electron chi connectivity index (χ4n) is 10.9. The Kier molecular flexibility index (Phi) is 46.9. The van der Waals surface area contributed by atoms with Crippen LogP contribution >= 0.6 is 25.3 Å². The van der Waals surface area contributed by atoms with Crippen LogP contribution < -0.4 is 119 Å². The number of guanidine groups is 3. The normalized spacial score (nSPS) is 14.5. The number of hydrogen-bond donors (Lipinski definition) is 28. The zero-order valence-electron chi connectivity index (χ0n) is 65.0. The number of aldehydes is 1. The summed E-state index contributed by atoms with van der Waals surface area (Å²) in [6, 6.07) is -0.660. The summed E-state index contributed by atoms with van der Waals surface area (Å²) in [4.78, 5) is 216. The van der Waals surface area contributed by atoms with Crippen molar-refractivity contribution in [3.8, 4) is 0 Å². The van der Waals surface area contributed by atoms with Crippen molar-refractivity contribution in [2.45, 2.75) is 191 Å². The van der Waals surface area contributed by atoms with E-state index < -0.39 is 205 Å². The van der Waals surface area contributed by atoms with E-state index in [0.717, 1.165) is 0 Å². The molecule has 31 N–H and O–H groups in total. The molecule has 2 aromatic rings. The summed E-state index contributed by atoms with van der Waals surface area (Å²) < 4.78 is 0. The second kappa shape index (κ2) is 54.2. The fraction of sp³-hybridized carbons (Fsp3) is 0.563. The van der Waals surface area contributed by atoms with Crippen molar-refractivity contribution < 1.29 is 81.8 Å². The molecule has 0 unspecified atom stereocenters. The average Bonchev–Trinajstić information content (AvgIpc) is 0.849. The van der Waals surface area contributed by atoms with Crippen molar-refractivity contribution in [1.29, 1.82) is 16.2 Å². The van der Waals surface area contributed by atoms with E-state index in [1.54, 1.807) is 81.4 Å². The quantitative estimate of drug-likeness (QED) is 0.00962. The SMILES string of the molecule is CC[C@H](C)[C@H](NC(=O)[C@H](CCCNC(=N)N)NC(=O)CNC(=O)CNC(=O)[C@H](Cc1ccccc1)NC(=O)[C@@H](C)NC(=O)[C@H](CS)NC(=O)[C@@H](N)CCCNC(N)=O)C(=O)N[C@@H](CC(=O)O)C(=O)N[C@@H](CCCNC(=N)N)C(=O)N[C@H](C(=O)N[C@@H](CS)C(=O)N[C@@H](Cc1ccccc1)C(=O)N[C@H](C=O)CCCNC(=N)N)[C@@H](C)CC. The van der Waals surface area contributed by atoms with E-state index in [-0.39, 0.29) is 108 Å². The fourth-order valence-corrected chi connectivity index (χ4v) is 11.4. The summed E-state index contributed by atoms with van der Waals surface area (Å²) in [6.07, 6.45) is 0.168. The number of benzene rings is 2. The maximum absolute atomic E-state index is 14.5. The lowest BCUT2D eigenvalue weighted by molar-refractivity contribution is -0.142. The van der Waals surface area contributed by atoms with Gasteiger partial charge in [-0.15, -0.1) is 0 Å². The van der Waals surface area contributed by atoms with E-state index in [2.05, 4.69) is 116 Å². The molecule has 0 heterocycles. The van der Waals surface area contributed by atoms with E-state index in [1.165, 1.54) is 13.8 Å². The highest BCUT2D eigenvalue weighted by molar-refractivity contribution is 7.80. The number of amides is 15. The third-order valence-corrected chi connectivity index (χ3v) is 18.5. The largest absolute Gasteiger partial charge is 0.481 e. The van der Waals surface area contributed by atoms with Crippen LogP contribution in [-0.2, 0) is 84.8 Å². The average molecular weight is 1650 g/mol. The van der Waals surface area contributed by atoms with Crippen LogP contribution in [0.2, 0.25) is 0 Å². The first kappa shape index (κ1) is 99.5. The molecule has 2 aromatic carbocycles. The number of thiol groups is 2. The molecule has 0 fully saturated rings. The van der Waals surface area contributed by atoms with Crippen molar-refractivity contribution >= 4 is 138 Å². The predicted octanol–water partition coefficient (Wildman–Crippen LogP) is -6.75. The van der Waals surface area contributed by atoms with Gasteiger partial charge in [0.1, 0.15) is 66.7 Å². The highest BCUT2D eigenvalue weighted by Gasteiger charge is 2.38. The Balaban J connectivity index is 2.36. The highest BCUT2D eigenvalue weighted by atomic mass is 32.1. The number of nitrogens with two attached hydrogens (primary N) is 5. The minimum Gasteiger partial charge on any atom is -0.481 e. The van der Waals surface area contributed by atoms with E-state index in [4.69, 9.17) is 44.9 Å². The second-order valence-electron chi connectivity index (χ2n) is 27.0. The summed E-state index contributed by atoms with van der Waals surface area (Å²) in [7, 11) is 0. The zero-order chi connectivity index (χ0) is 86.3. The van der Waals surface area contributed by atoms with Gasteiger partial charge in [-0.05, 0) is 81.3 Å². The van der Waals surface area contributed by atoms with Gasteiger partial charge < -0.3 is 129 Å². The van der Waals surface area contributed by atoms with Crippen LogP contribution in [-0.4, -0.2) is 241 Å². The summed E-state index contributed by atoms with van der Waals surface area (Å²) in [5, 5.41) is 75.3. The lowest BCUT2D eigenvalue weighted by atomic mass is 9.96. The Bertz CT molecular complexity index is 3610. The van der Waals surface area contributed by atoms with E-state index in [0.29, 0.717) is 30.3 Å². The number of hydrogen-bond acceptors (Lipinski definition) is 22. The van der Waals surface area contributed by atoms with Gasteiger partial charge in [0.05, 0.1) is 31.6 Å². The molecule has 0 saturated heterocycles. The first-order valence-corrected chi connectivity index (χ1v) is 38.6. The van der Waals surface area contributed by atoms with Crippen LogP contribution in [0.1, 0.15) is 116 Å². The third kappa shape index (κ3) is 40.1. The Morgan fingerprint density at radius 3 is 1.23 bits per heavy atom. The molecule has 638 valence electrons. The summed E-state index contributed by atoms with van der Waals surface area (Å²) >= 11 is 8.47. The van der Waals surface area contributed by atoms with Crippen molar-refractivity contribution in [1.82, 2.24) is 90.4 Å². The number of carbonyl (C=O) groups is 16. The van der Waals surface area contributed by atoms with E-state index in [1.807, 2.05) is 0 Å². The Hall–Kier alpha value is -11.6. The maximum atomic E-state index is 14.5. The molecule has 0 radical (unpaired) electrons. The lowest BCUT2D eigenvalue weighted by Gasteiger charge is -2.30. The summed E-state index contributed by atoms with van der Waals surface area (Å²) in [5.41, 5.74) is 28.5. The minimum absolute atomic E-state index is 0.00346. The van der Waals surface area contributed by atoms with Crippen LogP contribution in [0.25, 0.3) is 0 Å². The number of carboxylic acid groups (broad SMARTS) is 1. The molecular weight excluding hydrogens is 1540 g/mol. The van der Waals surface area contributed by atoms with Crippen LogP contribution in [0.5, 0.6) is 0 Å². The molecule has 115 heavy (non-hydrogen) atoms. The van der Waals surface area contributed by atoms with E-state index >= 15 is 0 Å². The molecule has 0 aromatic heterocycles. The van der Waals surface area contributed by atoms with Crippen LogP contribution in [0, 0.1) is 28.1 Å². The molecule has 42 nitrogen and oxygen atoms in total. The maximum Gasteiger partial charge on any atom is 0.312 e. The molecular formula is C71H115N25O17S2. The van der Waals surface area contributed by atoms with Gasteiger partial charge in [0.2, 0.25) is 76.8 Å². The molecule has 44 heteroatoms. The van der Waals surface area contributed by atoms with Gasteiger partial charge in [-0.1, -0.05) is 101 Å². The van der Waals surface area contributed by atoms with Crippen LogP contribution in [0.4, 0.5) is 4.79 Å².